The van der Waals surface area contributed by atoms with Gasteiger partial charge in [0.2, 0.25) is 5.88 Å². The van der Waals surface area contributed by atoms with Gasteiger partial charge in [-0.05, 0) is 39.8 Å². The highest BCUT2D eigenvalue weighted by Crippen LogP contribution is 2.29. The molecule has 3 rings (SSSR count). The van der Waals surface area contributed by atoms with Crippen molar-refractivity contribution >= 4 is 11.0 Å². The van der Waals surface area contributed by atoms with Gasteiger partial charge in [0.15, 0.2) is 5.82 Å². The highest BCUT2D eigenvalue weighted by Gasteiger charge is 2.25. The molecule has 2 heterocycles. The third kappa shape index (κ3) is 2.47. The summed E-state index contributed by atoms with van der Waals surface area (Å²) in [5, 5.41) is 0.349. The van der Waals surface area contributed by atoms with Crippen LogP contribution in [0.15, 0.2) is 12.5 Å². The maximum atomic E-state index is 13.7. The fraction of sp³-hybridized carbons (Fsp3) is 0.571. The quantitative estimate of drug-likeness (QED) is 0.936. The van der Waals surface area contributed by atoms with Crippen molar-refractivity contribution in [3.8, 4) is 5.88 Å². The van der Waals surface area contributed by atoms with Gasteiger partial charge >= 0.3 is 0 Å². The summed E-state index contributed by atoms with van der Waals surface area (Å²) in [6.07, 6.45) is 6.94. The first-order valence-electron chi connectivity index (χ1n) is 6.96. The molecule has 2 aromatic heterocycles. The fourth-order valence-corrected chi connectivity index (χ4v) is 2.82. The van der Waals surface area contributed by atoms with Crippen molar-refractivity contribution in [1.82, 2.24) is 19.9 Å². The lowest BCUT2D eigenvalue weighted by atomic mass is 9.92. The maximum Gasteiger partial charge on any atom is 0.229 e. The Hall–Kier alpha value is -1.69. The second-order valence-electron chi connectivity index (χ2n) is 5.55. The number of hydrogen-bond donors (Lipinski definition) is 1. The van der Waals surface area contributed by atoms with Crippen molar-refractivity contribution in [2.24, 2.45) is 0 Å². The Morgan fingerprint density at radius 3 is 2.70 bits per heavy atom. The molecule has 0 unspecified atom stereocenters. The predicted molar refractivity (Wildman–Crippen MR) is 74.2 cm³/mol. The van der Waals surface area contributed by atoms with Crippen LogP contribution in [0.25, 0.3) is 11.0 Å². The molecule has 108 valence electrons. The minimum atomic E-state index is -0.363. The molecule has 5 nitrogen and oxygen atoms in total. The van der Waals surface area contributed by atoms with Crippen molar-refractivity contribution in [1.29, 1.82) is 0 Å². The van der Waals surface area contributed by atoms with Crippen LogP contribution in [0.5, 0.6) is 5.88 Å². The summed E-state index contributed by atoms with van der Waals surface area (Å²) in [5.41, 5.74) is 0.481. The molecule has 0 aromatic carbocycles. The van der Waals surface area contributed by atoms with E-state index in [2.05, 4.69) is 33.9 Å². The van der Waals surface area contributed by atoms with E-state index in [0.29, 0.717) is 23.0 Å². The molecule has 1 saturated carbocycles. The van der Waals surface area contributed by atoms with Crippen LogP contribution in [0, 0.1) is 5.82 Å². The van der Waals surface area contributed by atoms with Crippen LogP contribution in [-0.2, 0) is 0 Å². The van der Waals surface area contributed by atoms with Gasteiger partial charge in [0.1, 0.15) is 23.5 Å². The first-order valence-corrected chi connectivity index (χ1v) is 6.96. The summed E-state index contributed by atoms with van der Waals surface area (Å²) >= 11 is 0. The predicted octanol–water partition coefficient (Wildman–Crippen LogP) is 2.35. The van der Waals surface area contributed by atoms with Crippen LogP contribution in [0.1, 0.15) is 25.7 Å². The van der Waals surface area contributed by atoms with Crippen molar-refractivity contribution in [3.05, 3.63) is 18.3 Å². The standard InChI is InChI=1S/C14H19FN4O/c1-19(2)9-3-5-10(6-4-9)20-14-12-11(15)7-16-13(12)17-8-18-14/h7-10H,3-6H2,1-2H3,(H,16,17,18)/t9-,10-. The van der Waals surface area contributed by atoms with Gasteiger partial charge in [0, 0.05) is 12.2 Å². The average molecular weight is 278 g/mol. The van der Waals surface area contributed by atoms with Gasteiger partial charge in [-0.1, -0.05) is 0 Å². The van der Waals surface area contributed by atoms with Gasteiger partial charge in [-0.25, -0.2) is 14.4 Å². The molecule has 20 heavy (non-hydrogen) atoms. The molecule has 0 atom stereocenters. The van der Waals surface area contributed by atoms with Crippen molar-refractivity contribution in [3.63, 3.8) is 0 Å². The molecule has 0 saturated heterocycles. The van der Waals surface area contributed by atoms with Crippen LogP contribution in [0.2, 0.25) is 0 Å². The molecular formula is C14H19FN4O. The topological polar surface area (TPSA) is 54.0 Å². The van der Waals surface area contributed by atoms with E-state index in [1.54, 1.807) is 0 Å². The maximum absolute atomic E-state index is 13.7. The molecule has 2 aromatic rings. The minimum Gasteiger partial charge on any atom is -0.474 e. The Bertz CT molecular complexity index is 590. The van der Waals surface area contributed by atoms with E-state index in [0.717, 1.165) is 25.7 Å². The Labute approximate surface area is 117 Å². The monoisotopic (exact) mass is 278 g/mol. The second-order valence-corrected chi connectivity index (χ2v) is 5.55. The van der Waals surface area contributed by atoms with Gasteiger partial charge in [-0.15, -0.1) is 0 Å². The summed E-state index contributed by atoms with van der Waals surface area (Å²) in [6, 6.07) is 0.615. The van der Waals surface area contributed by atoms with Crippen LogP contribution in [0.4, 0.5) is 4.39 Å². The van der Waals surface area contributed by atoms with Crippen LogP contribution in [0.3, 0.4) is 0 Å². The molecule has 1 aliphatic carbocycles. The molecule has 0 spiro atoms. The number of ether oxygens (including phenoxy) is 1. The van der Waals surface area contributed by atoms with Crippen LogP contribution < -0.4 is 4.74 Å². The number of halogens is 1. The highest BCUT2D eigenvalue weighted by atomic mass is 19.1. The molecule has 1 fully saturated rings. The Kier molecular flexibility index (Phi) is 3.56. The smallest absolute Gasteiger partial charge is 0.229 e. The zero-order valence-corrected chi connectivity index (χ0v) is 11.8. The molecule has 1 aliphatic rings. The lowest BCUT2D eigenvalue weighted by molar-refractivity contribution is 0.108. The number of fused-ring (bicyclic) bond motifs is 1. The molecule has 0 aliphatic heterocycles. The Morgan fingerprint density at radius 2 is 2.00 bits per heavy atom. The molecule has 0 amide bonds. The summed E-state index contributed by atoms with van der Waals surface area (Å²) in [5.74, 6) is -0.0142. The van der Waals surface area contributed by atoms with E-state index >= 15 is 0 Å². The van der Waals surface area contributed by atoms with E-state index in [-0.39, 0.29) is 11.9 Å². The summed E-state index contributed by atoms with van der Waals surface area (Å²) in [4.78, 5) is 13.1. The largest absolute Gasteiger partial charge is 0.474 e. The van der Waals surface area contributed by atoms with Gasteiger partial charge in [-0.2, -0.15) is 0 Å². The lowest BCUT2D eigenvalue weighted by Gasteiger charge is -2.32. The average Bonchev–Trinajstić information content (AvgIpc) is 2.82. The normalized spacial score (nSPS) is 23.4. The third-order valence-corrected chi connectivity index (χ3v) is 4.04. The Balaban J connectivity index is 1.73. The van der Waals surface area contributed by atoms with Crippen molar-refractivity contribution < 1.29 is 9.13 Å². The molecule has 6 heteroatoms. The number of nitrogens with one attached hydrogen (secondary N) is 1. The number of H-pyrrole nitrogens is 1. The third-order valence-electron chi connectivity index (χ3n) is 4.04. The zero-order valence-electron chi connectivity index (χ0n) is 11.8. The van der Waals surface area contributed by atoms with E-state index in [1.807, 2.05) is 0 Å². The number of rotatable bonds is 3. The van der Waals surface area contributed by atoms with Crippen LogP contribution >= 0.6 is 0 Å². The van der Waals surface area contributed by atoms with E-state index < -0.39 is 0 Å². The molecule has 0 bridgehead atoms. The SMILES string of the molecule is CN(C)[C@H]1CC[C@H](Oc2ncnc3[nH]cc(F)c23)CC1. The van der Waals surface area contributed by atoms with E-state index in [9.17, 15) is 4.39 Å². The highest BCUT2D eigenvalue weighted by molar-refractivity contribution is 5.81. The van der Waals surface area contributed by atoms with Gasteiger partial charge in [0.25, 0.3) is 0 Å². The number of nitrogens with zero attached hydrogens (tertiary/aromatic N) is 3. The molecule has 1 N–H and O–H groups in total. The van der Waals surface area contributed by atoms with Crippen LogP contribution in [-0.4, -0.2) is 46.1 Å². The van der Waals surface area contributed by atoms with Crippen molar-refractivity contribution in [2.75, 3.05) is 14.1 Å². The van der Waals surface area contributed by atoms with E-state index in [1.165, 1.54) is 12.5 Å². The van der Waals surface area contributed by atoms with Gasteiger partial charge in [0.05, 0.1) is 0 Å². The number of hydrogen-bond acceptors (Lipinski definition) is 4. The Morgan fingerprint density at radius 1 is 1.25 bits per heavy atom. The van der Waals surface area contributed by atoms with Crippen molar-refractivity contribution in [2.45, 2.75) is 37.8 Å². The molecule has 0 radical (unpaired) electrons. The molecular weight excluding hydrogens is 259 g/mol. The van der Waals surface area contributed by atoms with E-state index in [4.69, 9.17) is 4.74 Å². The first-order chi connectivity index (χ1) is 9.65. The zero-order chi connectivity index (χ0) is 14.1. The minimum absolute atomic E-state index is 0.110. The first kappa shape index (κ1) is 13.3. The summed E-state index contributed by atoms with van der Waals surface area (Å²) < 4.78 is 19.6. The summed E-state index contributed by atoms with van der Waals surface area (Å²) in [7, 11) is 4.21. The second kappa shape index (κ2) is 5.36. The summed E-state index contributed by atoms with van der Waals surface area (Å²) in [6.45, 7) is 0. The number of aromatic amines is 1. The van der Waals surface area contributed by atoms with Gasteiger partial charge in [-0.3, -0.25) is 0 Å². The van der Waals surface area contributed by atoms with Gasteiger partial charge < -0.3 is 14.6 Å². The fourth-order valence-electron chi connectivity index (χ4n) is 2.82. The number of aromatic nitrogens is 3. The lowest BCUT2D eigenvalue weighted by Crippen LogP contribution is -2.35.